The molecule has 2 aliphatic heterocycles. The molecule has 1 unspecified atom stereocenters. The number of para-hydroxylation sites is 1. The molecule has 35 heavy (non-hydrogen) atoms. The lowest BCUT2D eigenvalue weighted by Gasteiger charge is -2.33. The Hall–Kier alpha value is -3.49. The minimum absolute atomic E-state index is 0.222. The van der Waals surface area contributed by atoms with Crippen molar-refractivity contribution in [3.63, 3.8) is 0 Å². The molecule has 0 spiro atoms. The van der Waals surface area contributed by atoms with Gasteiger partial charge in [0, 0.05) is 42.5 Å². The quantitative estimate of drug-likeness (QED) is 0.575. The number of hydrogen-bond acceptors (Lipinski definition) is 7. The third kappa shape index (κ3) is 5.13. The molecule has 0 bridgehead atoms. The minimum Gasteiger partial charge on any atom is -0.410 e. The molecule has 0 aliphatic carbocycles. The smallest absolute Gasteiger partial charge is 0.410 e. The van der Waals surface area contributed by atoms with Gasteiger partial charge in [-0.05, 0) is 45.0 Å². The summed E-state index contributed by atoms with van der Waals surface area (Å²) in [6.45, 7) is 10.3. The van der Waals surface area contributed by atoms with Crippen LogP contribution in [0.15, 0.2) is 54.6 Å². The SMILES string of the molecule is CC(C)N1Cc2nc(N3CCOCC3C)nc(-c3ccc(NC(=O)Oc4ccccc4)cc3)c2C1. The highest BCUT2D eigenvalue weighted by atomic mass is 16.6. The molecule has 2 aromatic carbocycles. The van der Waals surface area contributed by atoms with Gasteiger partial charge in [-0.15, -0.1) is 0 Å². The van der Waals surface area contributed by atoms with Crippen molar-refractivity contribution in [1.29, 1.82) is 0 Å². The van der Waals surface area contributed by atoms with Gasteiger partial charge in [0.15, 0.2) is 0 Å². The van der Waals surface area contributed by atoms with Crippen molar-refractivity contribution in [2.45, 2.75) is 45.9 Å². The topological polar surface area (TPSA) is 79.8 Å². The number of anilines is 2. The molecule has 8 nitrogen and oxygen atoms in total. The molecule has 3 aromatic rings. The third-order valence-corrected chi connectivity index (χ3v) is 6.51. The van der Waals surface area contributed by atoms with E-state index in [1.807, 2.05) is 42.5 Å². The van der Waals surface area contributed by atoms with Crippen LogP contribution in [0.3, 0.4) is 0 Å². The minimum atomic E-state index is -0.525. The summed E-state index contributed by atoms with van der Waals surface area (Å²) in [6, 6.07) is 17.4. The summed E-state index contributed by atoms with van der Waals surface area (Å²) in [6.07, 6.45) is -0.525. The van der Waals surface area contributed by atoms with E-state index in [1.54, 1.807) is 12.1 Å². The van der Waals surface area contributed by atoms with E-state index < -0.39 is 6.09 Å². The van der Waals surface area contributed by atoms with Crippen LogP contribution >= 0.6 is 0 Å². The van der Waals surface area contributed by atoms with E-state index >= 15 is 0 Å². The molecule has 1 saturated heterocycles. The maximum Gasteiger partial charge on any atom is 0.417 e. The van der Waals surface area contributed by atoms with Crippen LogP contribution in [0.1, 0.15) is 32.0 Å². The van der Waals surface area contributed by atoms with Crippen LogP contribution in [-0.2, 0) is 17.8 Å². The Bertz CT molecular complexity index is 1180. The monoisotopic (exact) mass is 473 g/mol. The summed E-state index contributed by atoms with van der Waals surface area (Å²) in [5.41, 5.74) is 4.87. The number of nitrogens with zero attached hydrogens (tertiary/aromatic N) is 4. The van der Waals surface area contributed by atoms with Crippen LogP contribution in [0.5, 0.6) is 5.75 Å². The summed E-state index contributed by atoms with van der Waals surface area (Å²) in [5.74, 6) is 1.26. The molecule has 1 atom stereocenters. The second-order valence-corrected chi connectivity index (χ2v) is 9.32. The van der Waals surface area contributed by atoms with Crippen LogP contribution in [0.25, 0.3) is 11.3 Å². The zero-order chi connectivity index (χ0) is 24.4. The molecule has 1 amide bonds. The molecule has 5 rings (SSSR count). The molecule has 0 saturated carbocycles. The van der Waals surface area contributed by atoms with E-state index in [0.717, 1.165) is 42.5 Å². The molecular weight excluding hydrogens is 442 g/mol. The highest BCUT2D eigenvalue weighted by molar-refractivity contribution is 5.86. The Morgan fingerprint density at radius 3 is 2.57 bits per heavy atom. The van der Waals surface area contributed by atoms with Crippen molar-refractivity contribution < 1.29 is 14.3 Å². The van der Waals surface area contributed by atoms with Crippen LogP contribution < -0.4 is 15.0 Å². The molecule has 3 heterocycles. The van der Waals surface area contributed by atoms with Crippen molar-refractivity contribution in [3.05, 3.63) is 65.9 Å². The highest BCUT2D eigenvalue weighted by Gasteiger charge is 2.30. The second kappa shape index (κ2) is 10.0. The molecule has 1 N–H and O–H groups in total. The van der Waals surface area contributed by atoms with Gasteiger partial charge in [0.05, 0.1) is 30.6 Å². The van der Waals surface area contributed by atoms with Gasteiger partial charge in [0.1, 0.15) is 5.75 Å². The van der Waals surface area contributed by atoms with Crippen molar-refractivity contribution in [2.24, 2.45) is 0 Å². The van der Waals surface area contributed by atoms with E-state index in [4.69, 9.17) is 19.4 Å². The van der Waals surface area contributed by atoms with Gasteiger partial charge >= 0.3 is 6.09 Å². The first-order chi connectivity index (χ1) is 17.0. The first kappa shape index (κ1) is 23.3. The Morgan fingerprint density at radius 2 is 1.86 bits per heavy atom. The largest absolute Gasteiger partial charge is 0.417 e. The van der Waals surface area contributed by atoms with Gasteiger partial charge in [0.25, 0.3) is 0 Å². The number of carbonyl (C=O) groups is 1. The van der Waals surface area contributed by atoms with E-state index in [-0.39, 0.29) is 6.04 Å². The second-order valence-electron chi connectivity index (χ2n) is 9.32. The first-order valence-electron chi connectivity index (χ1n) is 12.1. The van der Waals surface area contributed by atoms with Crippen molar-refractivity contribution >= 4 is 17.7 Å². The summed E-state index contributed by atoms with van der Waals surface area (Å²) in [7, 11) is 0. The number of benzene rings is 2. The Kier molecular flexibility index (Phi) is 6.66. The van der Waals surface area contributed by atoms with Crippen molar-refractivity contribution in [3.8, 4) is 17.0 Å². The molecular formula is C27H31N5O3. The van der Waals surface area contributed by atoms with Crippen LogP contribution in [0.2, 0.25) is 0 Å². The first-order valence-corrected chi connectivity index (χ1v) is 12.1. The van der Waals surface area contributed by atoms with E-state index in [1.165, 1.54) is 5.56 Å². The zero-order valence-electron chi connectivity index (χ0n) is 20.4. The van der Waals surface area contributed by atoms with Crippen molar-refractivity contribution in [2.75, 3.05) is 30.0 Å². The molecule has 8 heteroatoms. The number of hydrogen-bond donors (Lipinski definition) is 1. The normalized spacial score (nSPS) is 17.9. The average Bonchev–Trinajstić information content (AvgIpc) is 3.30. The molecule has 2 aliphatic rings. The van der Waals surface area contributed by atoms with Crippen LogP contribution in [-0.4, -0.2) is 52.8 Å². The Balaban J connectivity index is 1.41. The summed E-state index contributed by atoms with van der Waals surface area (Å²) >= 11 is 0. The summed E-state index contributed by atoms with van der Waals surface area (Å²) in [5, 5.41) is 2.79. The molecule has 1 fully saturated rings. The fraction of sp³-hybridized carbons (Fsp3) is 0.370. The Morgan fingerprint density at radius 1 is 1.09 bits per heavy atom. The number of nitrogens with one attached hydrogen (secondary N) is 1. The Labute approximate surface area is 205 Å². The van der Waals surface area contributed by atoms with E-state index in [0.29, 0.717) is 30.7 Å². The molecule has 182 valence electrons. The number of rotatable bonds is 5. The molecule has 1 aromatic heterocycles. The standard InChI is InChI=1S/C27H31N5O3/c1-18(2)31-15-23-24(16-31)29-26(32-13-14-34-17-19(32)3)30-25(23)20-9-11-21(12-10-20)28-27(33)35-22-7-5-4-6-8-22/h4-12,18-19H,13-17H2,1-3H3,(H,28,33). The predicted molar refractivity (Wildman–Crippen MR) is 136 cm³/mol. The number of ether oxygens (including phenoxy) is 2. The van der Waals surface area contributed by atoms with Crippen LogP contribution in [0, 0.1) is 0 Å². The van der Waals surface area contributed by atoms with Gasteiger partial charge in [-0.3, -0.25) is 10.2 Å². The third-order valence-electron chi connectivity index (χ3n) is 6.51. The van der Waals surface area contributed by atoms with Gasteiger partial charge in [-0.1, -0.05) is 30.3 Å². The lowest BCUT2D eigenvalue weighted by molar-refractivity contribution is 0.0980. The number of morpholine rings is 1. The summed E-state index contributed by atoms with van der Waals surface area (Å²) in [4.78, 5) is 26.9. The number of fused-ring (bicyclic) bond motifs is 1. The maximum absolute atomic E-state index is 12.3. The lowest BCUT2D eigenvalue weighted by atomic mass is 10.1. The zero-order valence-corrected chi connectivity index (χ0v) is 20.4. The number of carbonyl (C=O) groups excluding carboxylic acids is 1. The summed E-state index contributed by atoms with van der Waals surface area (Å²) < 4.78 is 11.0. The van der Waals surface area contributed by atoms with E-state index in [2.05, 4.69) is 35.9 Å². The average molecular weight is 474 g/mol. The van der Waals surface area contributed by atoms with E-state index in [9.17, 15) is 4.79 Å². The number of amides is 1. The fourth-order valence-electron chi connectivity index (χ4n) is 4.47. The maximum atomic E-state index is 12.3. The predicted octanol–water partition coefficient (Wildman–Crippen LogP) is 4.70. The number of aromatic nitrogens is 2. The van der Waals surface area contributed by atoms with Crippen LogP contribution in [0.4, 0.5) is 16.4 Å². The van der Waals surface area contributed by atoms with Gasteiger partial charge in [0.2, 0.25) is 5.95 Å². The van der Waals surface area contributed by atoms with Gasteiger partial charge in [-0.25, -0.2) is 14.8 Å². The van der Waals surface area contributed by atoms with Gasteiger partial charge < -0.3 is 14.4 Å². The van der Waals surface area contributed by atoms with Gasteiger partial charge in [-0.2, -0.15) is 0 Å². The fourth-order valence-corrected chi connectivity index (χ4v) is 4.47. The highest BCUT2D eigenvalue weighted by Crippen LogP contribution is 2.34. The molecule has 0 radical (unpaired) electrons. The van der Waals surface area contributed by atoms with Crippen molar-refractivity contribution in [1.82, 2.24) is 14.9 Å². The lowest BCUT2D eigenvalue weighted by Crippen LogP contribution is -2.44.